The summed E-state index contributed by atoms with van der Waals surface area (Å²) in [6.45, 7) is 4.93. The second kappa shape index (κ2) is 9.54. The highest BCUT2D eigenvalue weighted by Crippen LogP contribution is 2.22. The van der Waals surface area contributed by atoms with Crippen LogP contribution in [-0.4, -0.2) is 36.3 Å². The third-order valence-electron chi connectivity index (χ3n) is 3.82. The molecule has 0 fully saturated rings. The molecule has 1 aromatic carbocycles. The normalized spacial score (nSPS) is 13.0. The molecular formula is C16H24ClF2N3O2. The van der Waals surface area contributed by atoms with Crippen LogP contribution in [0.2, 0.25) is 0 Å². The Morgan fingerprint density at radius 2 is 1.83 bits per heavy atom. The number of carbonyl (C=O) groups is 2. The van der Waals surface area contributed by atoms with Gasteiger partial charge in [0.15, 0.2) is 0 Å². The third kappa shape index (κ3) is 5.72. The van der Waals surface area contributed by atoms with E-state index >= 15 is 0 Å². The van der Waals surface area contributed by atoms with E-state index in [9.17, 15) is 18.4 Å². The van der Waals surface area contributed by atoms with Crippen LogP contribution < -0.4 is 11.1 Å². The van der Waals surface area contributed by atoms with Crippen LogP contribution in [0.3, 0.4) is 0 Å². The molecule has 1 unspecified atom stereocenters. The van der Waals surface area contributed by atoms with Gasteiger partial charge < -0.3 is 16.0 Å². The molecule has 1 rings (SSSR count). The lowest BCUT2D eigenvalue weighted by atomic mass is 10.0. The molecule has 3 N–H and O–H groups in total. The van der Waals surface area contributed by atoms with E-state index in [4.69, 9.17) is 5.73 Å². The predicted octanol–water partition coefficient (Wildman–Crippen LogP) is 2.01. The Morgan fingerprint density at radius 3 is 2.38 bits per heavy atom. The molecule has 0 heterocycles. The van der Waals surface area contributed by atoms with Crippen LogP contribution in [0.25, 0.3) is 0 Å². The summed E-state index contributed by atoms with van der Waals surface area (Å²) >= 11 is 0. The number of nitrogens with one attached hydrogen (secondary N) is 1. The van der Waals surface area contributed by atoms with Crippen LogP contribution >= 0.6 is 12.4 Å². The van der Waals surface area contributed by atoms with Crippen LogP contribution in [0, 0.1) is 17.6 Å². The molecule has 0 bridgehead atoms. The molecule has 0 aliphatic heterocycles. The van der Waals surface area contributed by atoms with E-state index in [-0.39, 0.29) is 30.4 Å². The van der Waals surface area contributed by atoms with Gasteiger partial charge in [-0.25, -0.2) is 8.78 Å². The highest BCUT2D eigenvalue weighted by atomic mass is 35.5. The minimum absolute atomic E-state index is 0. The van der Waals surface area contributed by atoms with Crippen LogP contribution in [0.5, 0.6) is 0 Å². The number of carbonyl (C=O) groups excluding carboxylic acids is 2. The fourth-order valence-electron chi connectivity index (χ4n) is 1.97. The maximum absolute atomic E-state index is 13.8. The van der Waals surface area contributed by atoms with Crippen molar-refractivity contribution in [3.05, 3.63) is 35.4 Å². The zero-order valence-electron chi connectivity index (χ0n) is 14.2. The van der Waals surface area contributed by atoms with E-state index in [1.807, 2.05) is 0 Å². The monoisotopic (exact) mass is 363 g/mol. The van der Waals surface area contributed by atoms with Crippen molar-refractivity contribution in [2.24, 2.45) is 11.7 Å². The van der Waals surface area contributed by atoms with Crippen molar-refractivity contribution in [3.8, 4) is 0 Å². The Kier molecular flexibility index (Phi) is 8.85. The number of benzene rings is 1. The van der Waals surface area contributed by atoms with Crippen molar-refractivity contribution in [1.29, 1.82) is 0 Å². The lowest BCUT2D eigenvalue weighted by Crippen LogP contribution is -2.47. The molecule has 1 aromatic rings. The molecule has 24 heavy (non-hydrogen) atoms. The first-order valence-electron chi connectivity index (χ1n) is 7.39. The van der Waals surface area contributed by atoms with Crippen molar-refractivity contribution in [3.63, 3.8) is 0 Å². The van der Waals surface area contributed by atoms with Crippen LogP contribution in [-0.2, 0) is 9.59 Å². The van der Waals surface area contributed by atoms with Crippen molar-refractivity contribution < 1.29 is 18.4 Å². The minimum atomic E-state index is -0.703. The Morgan fingerprint density at radius 1 is 1.25 bits per heavy atom. The predicted molar refractivity (Wildman–Crippen MR) is 90.6 cm³/mol. The molecule has 2 amide bonds. The number of halogens is 3. The molecule has 0 radical (unpaired) electrons. The smallest absolute Gasteiger partial charge is 0.242 e. The van der Waals surface area contributed by atoms with Crippen molar-refractivity contribution in [1.82, 2.24) is 10.2 Å². The van der Waals surface area contributed by atoms with Gasteiger partial charge in [-0.05, 0) is 31.0 Å². The first kappa shape index (κ1) is 22.3. The number of hydrogen-bond donors (Lipinski definition) is 2. The maximum Gasteiger partial charge on any atom is 0.242 e. The first-order chi connectivity index (χ1) is 10.6. The average molecular weight is 364 g/mol. The largest absolute Gasteiger partial charge is 0.346 e. The molecule has 0 aromatic heterocycles. The van der Waals surface area contributed by atoms with Crippen LogP contribution in [0.4, 0.5) is 8.78 Å². The molecule has 8 heteroatoms. The molecule has 0 spiro atoms. The van der Waals surface area contributed by atoms with E-state index in [0.29, 0.717) is 0 Å². The third-order valence-corrected chi connectivity index (χ3v) is 3.82. The Bertz CT molecular complexity index is 584. The first-order valence-corrected chi connectivity index (χ1v) is 7.39. The molecule has 0 saturated heterocycles. The van der Waals surface area contributed by atoms with Crippen molar-refractivity contribution in [2.45, 2.75) is 32.9 Å². The van der Waals surface area contributed by atoms with E-state index < -0.39 is 35.5 Å². The molecule has 5 nitrogen and oxygen atoms in total. The molecule has 136 valence electrons. The summed E-state index contributed by atoms with van der Waals surface area (Å²) in [6, 6.07) is 1.71. The summed E-state index contributed by atoms with van der Waals surface area (Å²) in [5.74, 6) is -2.07. The number of amides is 2. The SMILES string of the molecule is CC(C)[C@H](N)C(=O)NCC(=O)N(C)C(C)c1cc(F)ccc1F.Cl. The van der Waals surface area contributed by atoms with Gasteiger partial charge in [0.2, 0.25) is 11.8 Å². The van der Waals surface area contributed by atoms with Gasteiger partial charge in [0.25, 0.3) is 0 Å². The summed E-state index contributed by atoms with van der Waals surface area (Å²) in [5.41, 5.74) is 5.76. The standard InChI is InChI=1S/C16H23F2N3O2.ClH/c1-9(2)15(19)16(23)20-8-14(22)21(4)10(3)12-7-11(17)5-6-13(12)18;/h5-7,9-10,15H,8,19H2,1-4H3,(H,20,23);1H/t10?,15-;/m0./s1. The Hall–Kier alpha value is -1.73. The van der Waals surface area contributed by atoms with Gasteiger partial charge in [-0.1, -0.05) is 13.8 Å². The van der Waals surface area contributed by atoms with E-state index in [1.54, 1.807) is 20.8 Å². The Labute approximate surface area is 147 Å². The molecule has 0 aliphatic rings. The van der Waals surface area contributed by atoms with E-state index in [1.165, 1.54) is 11.9 Å². The fourth-order valence-corrected chi connectivity index (χ4v) is 1.97. The zero-order valence-corrected chi connectivity index (χ0v) is 15.0. The maximum atomic E-state index is 13.8. The van der Waals surface area contributed by atoms with Gasteiger partial charge in [-0.15, -0.1) is 12.4 Å². The topological polar surface area (TPSA) is 75.4 Å². The summed E-state index contributed by atoms with van der Waals surface area (Å²) in [4.78, 5) is 25.1. The van der Waals surface area contributed by atoms with Crippen molar-refractivity contribution >= 4 is 24.2 Å². The summed E-state index contributed by atoms with van der Waals surface area (Å²) in [6.07, 6.45) is 0. The second-order valence-electron chi connectivity index (χ2n) is 5.83. The fraction of sp³-hybridized carbons (Fsp3) is 0.500. The van der Waals surface area contributed by atoms with E-state index in [0.717, 1.165) is 18.2 Å². The van der Waals surface area contributed by atoms with Gasteiger partial charge in [0, 0.05) is 12.6 Å². The molecule has 2 atom stereocenters. The zero-order chi connectivity index (χ0) is 17.7. The van der Waals surface area contributed by atoms with Gasteiger partial charge >= 0.3 is 0 Å². The van der Waals surface area contributed by atoms with Gasteiger partial charge in [-0.3, -0.25) is 9.59 Å². The quantitative estimate of drug-likeness (QED) is 0.811. The van der Waals surface area contributed by atoms with Gasteiger partial charge in [-0.2, -0.15) is 0 Å². The van der Waals surface area contributed by atoms with Gasteiger partial charge in [0.1, 0.15) is 11.6 Å². The van der Waals surface area contributed by atoms with Gasteiger partial charge in [0.05, 0.1) is 18.6 Å². The Balaban J connectivity index is 0.00000529. The lowest BCUT2D eigenvalue weighted by Gasteiger charge is -2.26. The summed E-state index contributed by atoms with van der Waals surface area (Å²) in [7, 11) is 1.46. The van der Waals surface area contributed by atoms with Crippen molar-refractivity contribution in [2.75, 3.05) is 13.6 Å². The lowest BCUT2D eigenvalue weighted by molar-refractivity contribution is -0.133. The number of likely N-dealkylation sites (N-methyl/N-ethyl adjacent to an activating group) is 1. The summed E-state index contributed by atoms with van der Waals surface area (Å²) in [5, 5.41) is 2.45. The highest BCUT2D eigenvalue weighted by Gasteiger charge is 2.22. The van der Waals surface area contributed by atoms with Crippen LogP contribution in [0.1, 0.15) is 32.4 Å². The number of rotatable bonds is 6. The summed E-state index contributed by atoms with van der Waals surface area (Å²) < 4.78 is 27.0. The molecule has 0 aliphatic carbocycles. The number of hydrogen-bond acceptors (Lipinski definition) is 3. The second-order valence-corrected chi connectivity index (χ2v) is 5.83. The number of nitrogens with zero attached hydrogens (tertiary/aromatic N) is 1. The number of nitrogens with two attached hydrogens (primary N) is 1. The minimum Gasteiger partial charge on any atom is -0.346 e. The molecule has 0 saturated carbocycles. The van der Waals surface area contributed by atoms with E-state index in [2.05, 4.69) is 5.32 Å². The van der Waals surface area contributed by atoms with Crippen LogP contribution in [0.15, 0.2) is 18.2 Å². The molecular weight excluding hydrogens is 340 g/mol. The highest BCUT2D eigenvalue weighted by molar-refractivity contribution is 5.87. The average Bonchev–Trinajstić information content (AvgIpc) is 2.52.